The maximum atomic E-state index is 13.7. The lowest BCUT2D eigenvalue weighted by atomic mass is 10.0. The van der Waals surface area contributed by atoms with Gasteiger partial charge >= 0.3 is 0 Å². The molecule has 2 heterocycles. The Kier molecular flexibility index (Phi) is 6.37. The minimum absolute atomic E-state index is 0.0338. The maximum absolute atomic E-state index is 13.7. The molecule has 5 rings (SSSR count). The van der Waals surface area contributed by atoms with Gasteiger partial charge in [0.05, 0.1) is 29.1 Å². The summed E-state index contributed by atoms with van der Waals surface area (Å²) in [6, 6.07) is 25.4. The zero-order chi connectivity index (χ0) is 23.5. The highest BCUT2D eigenvalue weighted by Gasteiger charge is 2.25. The molecule has 0 bridgehead atoms. The Labute approximate surface area is 204 Å². The minimum Gasteiger partial charge on any atom is -0.492 e. The standard InChI is InChI=1S/C28H26ClN3O2/c1-2-34-27-10-6-5-9-26(27)31-15-17-32(18-16-31)28(33)23-19-25(20-11-13-21(29)14-12-20)30-24-8-4-3-7-22(23)24/h3-14,19H,2,15-18H2,1H3. The molecule has 6 heteroatoms. The molecule has 1 fully saturated rings. The molecule has 1 aliphatic heterocycles. The van der Waals surface area contributed by atoms with Crippen molar-refractivity contribution in [2.24, 2.45) is 0 Å². The second-order valence-corrected chi connectivity index (χ2v) is 8.70. The normalized spacial score (nSPS) is 13.8. The Bertz CT molecular complexity index is 1320. The van der Waals surface area contributed by atoms with E-state index in [1.165, 1.54) is 0 Å². The van der Waals surface area contributed by atoms with Gasteiger partial charge in [-0.25, -0.2) is 4.98 Å². The third-order valence-electron chi connectivity index (χ3n) is 6.16. The average molecular weight is 472 g/mol. The molecule has 1 aliphatic rings. The second kappa shape index (κ2) is 9.74. The number of carbonyl (C=O) groups excluding carboxylic acids is 1. The summed E-state index contributed by atoms with van der Waals surface area (Å²) in [5, 5.41) is 1.54. The first-order valence-corrected chi connectivity index (χ1v) is 11.9. The number of anilines is 1. The van der Waals surface area contributed by atoms with Gasteiger partial charge in [-0.15, -0.1) is 0 Å². The van der Waals surface area contributed by atoms with Crippen molar-refractivity contribution in [3.8, 4) is 17.0 Å². The van der Waals surface area contributed by atoms with Gasteiger partial charge in [0.1, 0.15) is 5.75 Å². The van der Waals surface area contributed by atoms with Gasteiger partial charge in [-0.2, -0.15) is 0 Å². The quantitative estimate of drug-likeness (QED) is 0.362. The number of halogens is 1. The predicted molar refractivity (Wildman–Crippen MR) is 138 cm³/mol. The number of hydrogen-bond donors (Lipinski definition) is 0. The first-order chi connectivity index (χ1) is 16.6. The number of pyridine rings is 1. The zero-order valence-electron chi connectivity index (χ0n) is 19.1. The van der Waals surface area contributed by atoms with Gasteiger partial charge in [-0.05, 0) is 43.3 Å². The van der Waals surface area contributed by atoms with Crippen LogP contribution in [0, 0.1) is 0 Å². The Hall–Kier alpha value is -3.57. The molecule has 1 saturated heterocycles. The third kappa shape index (κ3) is 4.44. The molecular weight excluding hydrogens is 446 g/mol. The van der Waals surface area contributed by atoms with Crippen LogP contribution in [-0.2, 0) is 0 Å². The molecule has 0 saturated carbocycles. The monoisotopic (exact) mass is 471 g/mol. The number of para-hydroxylation sites is 3. The molecule has 34 heavy (non-hydrogen) atoms. The summed E-state index contributed by atoms with van der Waals surface area (Å²) < 4.78 is 5.81. The molecule has 0 atom stereocenters. The summed E-state index contributed by atoms with van der Waals surface area (Å²) in [6.45, 7) is 5.41. The molecule has 0 radical (unpaired) electrons. The van der Waals surface area contributed by atoms with Gasteiger partial charge in [-0.3, -0.25) is 4.79 Å². The largest absolute Gasteiger partial charge is 0.492 e. The van der Waals surface area contributed by atoms with E-state index in [1.54, 1.807) is 0 Å². The van der Waals surface area contributed by atoms with E-state index in [1.807, 2.05) is 84.6 Å². The van der Waals surface area contributed by atoms with Gasteiger partial charge < -0.3 is 14.5 Å². The van der Waals surface area contributed by atoms with E-state index in [0.717, 1.165) is 46.7 Å². The number of fused-ring (bicyclic) bond motifs is 1. The number of amides is 1. The minimum atomic E-state index is 0.0338. The Balaban J connectivity index is 1.41. The van der Waals surface area contributed by atoms with E-state index in [-0.39, 0.29) is 5.91 Å². The fourth-order valence-corrected chi connectivity index (χ4v) is 4.56. The summed E-state index contributed by atoms with van der Waals surface area (Å²) >= 11 is 6.07. The SMILES string of the molecule is CCOc1ccccc1N1CCN(C(=O)c2cc(-c3ccc(Cl)cc3)nc3ccccc23)CC1. The van der Waals surface area contributed by atoms with Crippen molar-refractivity contribution >= 4 is 34.1 Å². The van der Waals surface area contributed by atoms with Gasteiger partial charge in [0.15, 0.2) is 0 Å². The van der Waals surface area contributed by atoms with Gasteiger partial charge in [0.25, 0.3) is 5.91 Å². The number of hydrogen-bond acceptors (Lipinski definition) is 4. The van der Waals surface area contributed by atoms with Crippen LogP contribution in [0.3, 0.4) is 0 Å². The smallest absolute Gasteiger partial charge is 0.254 e. The van der Waals surface area contributed by atoms with E-state index >= 15 is 0 Å². The molecule has 1 amide bonds. The van der Waals surface area contributed by atoms with Crippen LogP contribution in [0.5, 0.6) is 5.75 Å². The molecule has 1 aromatic heterocycles. The fraction of sp³-hybridized carbons (Fsp3) is 0.214. The summed E-state index contributed by atoms with van der Waals surface area (Å²) in [5.41, 5.74) is 4.27. The van der Waals surface area contributed by atoms with Gasteiger partial charge in [0, 0.05) is 42.2 Å². The number of piperazine rings is 1. The molecule has 4 aromatic rings. The van der Waals surface area contributed by atoms with Crippen molar-refractivity contribution in [2.75, 3.05) is 37.7 Å². The van der Waals surface area contributed by atoms with E-state index < -0.39 is 0 Å². The van der Waals surface area contributed by atoms with Crippen LogP contribution in [0.15, 0.2) is 78.9 Å². The predicted octanol–water partition coefficient (Wildman–Crippen LogP) is 5.92. The first-order valence-electron chi connectivity index (χ1n) is 11.6. The number of aromatic nitrogens is 1. The van der Waals surface area contributed by atoms with Crippen molar-refractivity contribution in [3.63, 3.8) is 0 Å². The lowest BCUT2D eigenvalue weighted by molar-refractivity contribution is 0.0748. The highest BCUT2D eigenvalue weighted by Crippen LogP contribution is 2.30. The van der Waals surface area contributed by atoms with Crippen molar-refractivity contribution < 1.29 is 9.53 Å². The molecule has 0 spiro atoms. The highest BCUT2D eigenvalue weighted by molar-refractivity contribution is 6.30. The van der Waals surface area contributed by atoms with E-state index in [2.05, 4.69) is 11.0 Å². The molecule has 5 nitrogen and oxygen atoms in total. The number of carbonyl (C=O) groups is 1. The van der Waals surface area contributed by atoms with Gasteiger partial charge in [-0.1, -0.05) is 54.1 Å². The highest BCUT2D eigenvalue weighted by atomic mass is 35.5. The maximum Gasteiger partial charge on any atom is 0.254 e. The van der Waals surface area contributed by atoms with Crippen LogP contribution in [0.4, 0.5) is 5.69 Å². The van der Waals surface area contributed by atoms with Crippen LogP contribution < -0.4 is 9.64 Å². The van der Waals surface area contributed by atoms with Crippen molar-refractivity contribution in [1.29, 1.82) is 0 Å². The topological polar surface area (TPSA) is 45.7 Å². The second-order valence-electron chi connectivity index (χ2n) is 8.26. The third-order valence-corrected chi connectivity index (χ3v) is 6.41. The molecule has 172 valence electrons. The number of benzene rings is 3. The van der Waals surface area contributed by atoms with Crippen molar-refractivity contribution in [3.05, 3.63) is 89.4 Å². The van der Waals surface area contributed by atoms with E-state index in [9.17, 15) is 4.79 Å². The van der Waals surface area contributed by atoms with Crippen molar-refractivity contribution in [2.45, 2.75) is 6.92 Å². The van der Waals surface area contributed by atoms with Crippen LogP contribution in [0.2, 0.25) is 5.02 Å². The van der Waals surface area contributed by atoms with Gasteiger partial charge in [0.2, 0.25) is 0 Å². The molecule has 3 aromatic carbocycles. The summed E-state index contributed by atoms with van der Waals surface area (Å²) in [4.78, 5) is 22.7. The average Bonchev–Trinajstić information content (AvgIpc) is 2.89. The lowest BCUT2D eigenvalue weighted by Crippen LogP contribution is -2.49. The zero-order valence-corrected chi connectivity index (χ0v) is 19.8. The fourth-order valence-electron chi connectivity index (χ4n) is 4.44. The Morgan fingerprint density at radius 3 is 2.41 bits per heavy atom. The Morgan fingerprint density at radius 1 is 0.941 bits per heavy atom. The van der Waals surface area contributed by atoms with Crippen LogP contribution in [0.25, 0.3) is 22.2 Å². The molecule has 0 unspecified atom stereocenters. The first kappa shape index (κ1) is 22.2. The van der Waals surface area contributed by atoms with E-state index in [0.29, 0.717) is 30.3 Å². The summed E-state index contributed by atoms with van der Waals surface area (Å²) in [7, 11) is 0. The lowest BCUT2D eigenvalue weighted by Gasteiger charge is -2.37. The van der Waals surface area contributed by atoms with Crippen LogP contribution >= 0.6 is 11.6 Å². The van der Waals surface area contributed by atoms with Crippen molar-refractivity contribution in [1.82, 2.24) is 9.88 Å². The van der Waals surface area contributed by atoms with Crippen LogP contribution in [-0.4, -0.2) is 48.6 Å². The number of nitrogens with zero attached hydrogens (tertiary/aromatic N) is 3. The number of ether oxygens (including phenoxy) is 1. The van der Waals surface area contributed by atoms with Crippen LogP contribution in [0.1, 0.15) is 17.3 Å². The molecule has 0 aliphatic carbocycles. The van der Waals surface area contributed by atoms with E-state index in [4.69, 9.17) is 21.3 Å². The summed E-state index contributed by atoms with van der Waals surface area (Å²) in [6.07, 6.45) is 0. The number of rotatable bonds is 5. The molecule has 0 N–H and O–H groups in total. The Morgan fingerprint density at radius 2 is 1.65 bits per heavy atom. The molecular formula is C28H26ClN3O2. The summed E-state index contributed by atoms with van der Waals surface area (Å²) in [5.74, 6) is 0.920.